The van der Waals surface area contributed by atoms with Crippen molar-refractivity contribution in [2.45, 2.75) is 19.8 Å². The van der Waals surface area contributed by atoms with Gasteiger partial charge in [0.25, 0.3) is 0 Å². The molecule has 1 aromatic carbocycles. The van der Waals surface area contributed by atoms with Gasteiger partial charge in [-0.1, -0.05) is 19.9 Å². The molecule has 2 N–H and O–H groups in total. The fourth-order valence-electron chi connectivity index (χ4n) is 1.82. The quantitative estimate of drug-likeness (QED) is 0.925. The highest BCUT2D eigenvalue weighted by Gasteiger charge is 2.11. The van der Waals surface area contributed by atoms with E-state index in [0.717, 1.165) is 11.5 Å². The molecule has 0 aliphatic heterocycles. The van der Waals surface area contributed by atoms with Crippen LogP contribution in [0.1, 0.15) is 31.2 Å². The van der Waals surface area contributed by atoms with Crippen molar-refractivity contribution in [3.05, 3.63) is 41.7 Å². The summed E-state index contributed by atoms with van der Waals surface area (Å²) in [7, 11) is 1.89. The van der Waals surface area contributed by atoms with Crippen LogP contribution >= 0.6 is 0 Å². The molecule has 20 heavy (non-hydrogen) atoms. The molecule has 1 heterocycles. The van der Waals surface area contributed by atoms with Crippen LogP contribution in [0.2, 0.25) is 0 Å². The molecule has 0 unspecified atom stereocenters. The molecule has 2 rings (SSSR count). The minimum absolute atomic E-state index is 0.205. The maximum atomic E-state index is 8.96. The molecule has 0 saturated heterocycles. The van der Waals surface area contributed by atoms with Crippen molar-refractivity contribution in [2.24, 2.45) is 0 Å². The summed E-state index contributed by atoms with van der Waals surface area (Å²) < 4.78 is 0. The fraction of sp³-hybridized carbons (Fsp3) is 0.267. The highest BCUT2D eigenvalue weighted by atomic mass is 15.2. The Morgan fingerprint density at radius 3 is 2.65 bits per heavy atom. The molecule has 5 heteroatoms. The number of nitrogen functional groups attached to an aromatic ring is 1. The van der Waals surface area contributed by atoms with E-state index in [9.17, 15) is 0 Å². The van der Waals surface area contributed by atoms with Gasteiger partial charge < -0.3 is 10.6 Å². The van der Waals surface area contributed by atoms with E-state index in [-0.39, 0.29) is 5.92 Å². The summed E-state index contributed by atoms with van der Waals surface area (Å²) >= 11 is 0. The van der Waals surface area contributed by atoms with Crippen LogP contribution in [-0.2, 0) is 0 Å². The van der Waals surface area contributed by atoms with Crippen LogP contribution in [0.25, 0.3) is 0 Å². The predicted octanol–water partition coefficient (Wildman–Crippen LogP) is 2.82. The van der Waals surface area contributed by atoms with E-state index in [1.807, 2.05) is 44.0 Å². The Bertz CT molecular complexity index is 658. The van der Waals surface area contributed by atoms with Gasteiger partial charge in [0, 0.05) is 24.7 Å². The highest BCUT2D eigenvalue weighted by molar-refractivity contribution is 5.62. The molecular weight excluding hydrogens is 250 g/mol. The monoisotopic (exact) mass is 267 g/mol. The first-order chi connectivity index (χ1) is 9.51. The predicted molar refractivity (Wildman–Crippen MR) is 79.8 cm³/mol. The number of anilines is 3. The van der Waals surface area contributed by atoms with Crippen LogP contribution in [0.4, 0.5) is 17.3 Å². The van der Waals surface area contributed by atoms with Crippen LogP contribution in [-0.4, -0.2) is 17.0 Å². The van der Waals surface area contributed by atoms with E-state index in [4.69, 9.17) is 11.0 Å². The van der Waals surface area contributed by atoms with Gasteiger partial charge in [0.1, 0.15) is 17.5 Å². The first-order valence-electron chi connectivity index (χ1n) is 6.39. The number of nitrogens with two attached hydrogens (primary N) is 1. The van der Waals surface area contributed by atoms with Crippen LogP contribution in [0.15, 0.2) is 30.3 Å². The van der Waals surface area contributed by atoms with Gasteiger partial charge in [0.2, 0.25) is 0 Å². The van der Waals surface area contributed by atoms with E-state index >= 15 is 0 Å². The first kappa shape index (κ1) is 13.8. The van der Waals surface area contributed by atoms with Gasteiger partial charge in [-0.15, -0.1) is 0 Å². The lowest BCUT2D eigenvalue weighted by Gasteiger charge is -2.20. The summed E-state index contributed by atoms with van der Waals surface area (Å²) in [5.41, 5.74) is 7.34. The molecule has 0 saturated carbocycles. The molecule has 0 amide bonds. The maximum absolute atomic E-state index is 8.96. The van der Waals surface area contributed by atoms with E-state index in [2.05, 4.69) is 16.0 Å². The number of rotatable bonds is 3. The number of hydrogen-bond donors (Lipinski definition) is 1. The smallest absolute Gasteiger partial charge is 0.138 e. The lowest BCUT2D eigenvalue weighted by Crippen LogP contribution is -2.14. The highest BCUT2D eigenvalue weighted by Crippen LogP contribution is 2.25. The Balaban J connectivity index is 2.42. The topological polar surface area (TPSA) is 78.8 Å². The Kier molecular flexibility index (Phi) is 3.85. The largest absolute Gasteiger partial charge is 0.384 e. The van der Waals surface area contributed by atoms with Crippen LogP contribution in [0.3, 0.4) is 0 Å². The first-order valence-corrected chi connectivity index (χ1v) is 6.39. The second-order valence-electron chi connectivity index (χ2n) is 4.89. The van der Waals surface area contributed by atoms with Gasteiger partial charge in [0.05, 0.1) is 11.6 Å². The van der Waals surface area contributed by atoms with Gasteiger partial charge >= 0.3 is 0 Å². The number of nitriles is 1. The summed E-state index contributed by atoms with van der Waals surface area (Å²) in [4.78, 5) is 10.6. The second kappa shape index (κ2) is 5.57. The molecule has 1 aromatic heterocycles. The molecule has 0 aliphatic rings. The Hall–Kier alpha value is -2.61. The van der Waals surface area contributed by atoms with Gasteiger partial charge in [-0.25, -0.2) is 9.97 Å². The van der Waals surface area contributed by atoms with E-state index < -0.39 is 0 Å². The molecule has 0 fully saturated rings. The SMILES string of the molecule is CC(C)c1nc(N)cc(N(C)c2cccc(C#N)c2)n1. The second-order valence-corrected chi connectivity index (χ2v) is 4.89. The van der Waals surface area contributed by atoms with Gasteiger partial charge in [0.15, 0.2) is 0 Å². The van der Waals surface area contributed by atoms with Crippen molar-refractivity contribution >= 4 is 17.3 Å². The normalized spacial score (nSPS) is 10.3. The van der Waals surface area contributed by atoms with Gasteiger partial charge in [-0.05, 0) is 18.2 Å². The maximum Gasteiger partial charge on any atom is 0.138 e. The lowest BCUT2D eigenvalue weighted by molar-refractivity contribution is 0.775. The standard InChI is InChI=1S/C15H17N5/c1-10(2)15-18-13(17)8-14(19-15)20(3)12-6-4-5-11(7-12)9-16/h4-8,10H,1-3H3,(H2,17,18,19). The molecule has 0 spiro atoms. The van der Waals surface area contributed by atoms with Crippen molar-refractivity contribution in [2.75, 3.05) is 17.7 Å². The molecule has 5 nitrogen and oxygen atoms in total. The summed E-state index contributed by atoms with van der Waals surface area (Å²) in [6.45, 7) is 4.05. The molecular formula is C15H17N5. The summed E-state index contributed by atoms with van der Waals surface area (Å²) in [6.07, 6.45) is 0. The lowest BCUT2D eigenvalue weighted by atomic mass is 10.2. The number of aromatic nitrogens is 2. The average molecular weight is 267 g/mol. The molecule has 102 valence electrons. The van der Waals surface area contributed by atoms with E-state index in [0.29, 0.717) is 17.2 Å². The van der Waals surface area contributed by atoms with Gasteiger partial charge in [-0.2, -0.15) is 5.26 Å². The summed E-state index contributed by atoms with van der Waals surface area (Å²) in [6, 6.07) is 11.2. The number of benzene rings is 1. The molecule has 2 aromatic rings. The zero-order valence-electron chi connectivity index (χ0n) is 11.8. The summed E-state index contributed by atoms with van der Waals surface area (Å²) in [5, 5.41) is 8.96. The molecule has 0 aliphatic carbocycles. The minimum atomic E-state index is 0.205. The van der Waals surface area contributed by atoms with Crippen molar-refractivity contribution in [3.63, 3.8) is 0 Å². The van der Waals surface area contributed by atoms with Crippen molar-refractivity contribution in [3.8, 4) is 6.07 Å². The molecule has 0 bridgehead atoms. The molecule has 0 atom stereocenters. The van der Waals surface area contributed by atoms with Crippen molar-refractivity contribution in [1.82, 2.24) is 9.97 Å². The van der Waals surface area contributed by atoms with Crippen molar-refractivity contribution < 1.29 is 0 Å². The number of nitrogens with zero attached hydrogens (tertiary/aromatic N) is 4. The van der Waals surface area contributed by atoms with E-state index in [1.165, 1.54) is 0 Å². The van der Waals surface area contributed by atoms with Crippen LogP contribution < -0.4 is 10.6 Å². The average Bonchev–Trinajstić information content (AvgIpc) is 2.45. The zero-order chi connectivity index (χ0) is 14.7. The Morgan fingerprint density at radius 1 is 1.25 bits per heavy atom. The third kappa shape index (κ3) is 2.86. The fourth-order valence-corrected chi connectivity index (χ4v) is 1.82. The third-order valence-electron chi connectivity index (χ3n) is 2.97. The number of hydrogen-bond acceptors (Lipinski definition) is 5. The Morgan fingerprint density at radius 2 is 2.00 bits per heavy atom. The van der Waals surface area contributed by atoms with Crippen LogP contribution in [0, 0.1) is 11.3 Å². The van der Waals surface area contributed by atoms with Crippen LogP contribution in [0.5, 0.6) is 0 Å². The molecule has 0 radical (unpaired) electrons. The Labute approximate surface area is 118 Å². The van der Waals surface area contributed by atoms with Gasteiger partial charge in [-0.3, -0.25) is 0 Å². The summed E-state index contributed by atoms with van der Waals surface area (Å²) in [5.74, 6) is 2.08. The third-order valence-corrected chi connectivity index (χ3v) is 2.97. The van der Waals surface area contributed by atoms with E-state index in [1.54, 1.807) is 12.1 Å². The van der Waals surface area contributed by atoms with Crippen molar-refractivity contribution in [1.29, 1.82) is 5.26 Å². The minimum Gasteiger partial charge on any atom is -0.384 e. The zero-order valence-corrected chi connectivity index (χ0v) is 11.8.